The van der Waals surface area contributed by atoms with Crippen molar-refractivity contribution in [1.29, 1.82) is 0 Å². The predicted octanol–water partition coefficient (Wildman–Crippen LogP) is 3.92. The Bertz CT molecular complexity index is 1180. The molecule has 1 N–H and O–H groups in total. The predicted molar refractivity (Wildman–Crippen MR) is 130 cm³/mol. The monoisotopic (exact) mass is 497 g/mol. The highest BCUT2D eigenvalue weighted by Gasteiger charge is 2.23. The number of carbonyl (C=O) groups excluding carboxylic acids is 1. The Balaban J connectivity index is 1.29. The summed E-state index contributed by atoms with van der Waals surface area (Å²) in [4.78, 5) is 15.2. The molecule has 2 aliphatic rings. The van der Waals surface area contributed by atoms with E-state index in [1.807, 2.05) is 29.7 Å². The molecule has 0 radical (unpaired) electrons. The van der Waals surface area contributed by atoms with Crippen LogP contribution in [0.2, 0.25) is 0 Å². The van der Waals surface area contributed by atoms with Crippen LogP contribution in [0.15, 0.2) is 47.6 Å². The van der Waals surface area contributed by atoms with E-state index in [9.17, 15) is 9.18 Å². The number of nitrogens with one attached hydrogen (secondary N) is 1. The zero-order valence-electron chi connectivity index (χ0n) is 19.6. The molecule has 3 heterocycles. The molecule has 2 aromatic carbocycles. The quantitative estimate of drug-likeness (QED) is 0.473. The smallest absolute Gasteiger partial charge is 0.233 e. The van der Waals surface area contributed by atoms with Gasteiger partial charge in [0.05, 0.1) is 11.8 Å². The Morgan fingerprint density at radius 2 is 1.86 bits per heavy atom. The number of benzene rings is 2. The van der Waals surface area contributed by atoms with Crippen molar-refractivity contribution in [3.05, 3.63) is 59.7 Å². The van der Waals surface area contributed by atoms with E-state index in [0.717, 1.165) is 30.2 Å². The normalized spacial score (nSPS) is 16.3. The van der Waals surface area contributed by atoms with Gasteiger partial charge in [-0.3, -0.25) is 14.3 Å². The second-order valence-corrected chi connectivity index (χ2v) is 10.0. The molecule has 1 atom stereocenters. The van der Waals surface area contributed by atoms with Crippen LogP contribution in [0.5, 0.6) is 11.5 Å². The number of piperidine rings is 1. The molecule has 184 valence electrons. The van der Waals surface area contributed by atoms with Gasteiger partial charge in [0.1, 0.15) is 5.82 Å². The maximum absolute atomic E-state index is 13.6. The van der Waals surface area contributed by atoms with E-state index in [2.05, 4.69) is 20.4 Å². The minimum absolute atomic E-state index is 0.112. The molecule has 0 saturated carbocycles. The number of hydrogen-bond acceptors (Lipinski definition) is 7. The SMILES string of the molecule is C[C@@H](Sc1nnc(CN2CCCCC2)n1-c1ccc(F)cc1)C(=O)NCc1ccc2c(c1)OCO2. The van der Waals surface area contributed by atoms with Crippen molar-refractivity contribution in [3.63, 3.8) is 0 Å². The van der Waals surface area contributed by atoms with Crippen molar-refractivity contribution < 1.29 is 18.7 Å². The number of likely N-dealkylation sites (tertiary alicyclic amines) is 1. The first-order valence-corrected chi connectivity index (χ1v) is 12.7. The van der Waals surface area contributed by atoms with E-state index < -0.39 is 5.25 Å². The van der Waals surface area contributed by atoms with Crippen molar-refractivity contribution in [2.24, 2.45) is 0 Å². The highest BCUT2D eigenvalue weighted by molar-refractivity contribution is 8.00. The van der Waals surface area contributed by atoms with Gasteiger partial charge in [-0.1, -0.05) is 24.2 Å². The fraction of sp³-hybridized carbons (Fsp3) is 0.400. The van der Waals surface area contributed by atoms with E-state index in [-0.39, 0.29) is 18.5 Å². The van der Waals surface area contributed by atoms with Gasteiger partial charge in [0.15, 0.2) is 22.5 Å². The summed E-state index contributed by atoms with van der Waals surface area (Å²) in [6.45, 7) is 5.15. The van der Waals surface area contributed by atoms with Crippen molar-refractivity contribution in [2.45, 2.75) is 49.7 Å². The summed E-state index contributed by atoms with van der Waals surface area (Å²) in [6, 6.07) is 11.9. The maximum atomic E-state index is 13.6. The lowest BCUT2D eigenvalue weighted by atomic mass is 10.1. The number of fused-ring (bicyclic) bond motifs is 1. The topological polar surface area (TPSA) is 81.5 Å². The third-order valence-corrected chi connectivity index (χ3v) is 7.20. The van der Waals surface area contributed by atoms with Crippen LogP contribution in [0, 0.1) is 5.82 Å². The van der Waals surface area contributed by atoms with E-state index in [0.29, 0.717) is 29.7 Å². The Hall–Kier alpha value is -3.11. The largest absolute Gasteiger partial charge is 0.454 e. The molecule has 35 heavy (non-hydrogen) atoms. The molecule has 0 spiro atoms. The van der Waals surface area contributed by atoms with Crippen LogP contribution in [0.4, 0.5) is 4.39 Å². The van der Waals surface area contributed by atoms with E-state index >= 15 is 0 Å². The first-order valence-electron chi connectivity index (χ1n) is 11.8. The van der Waals surface area contributed by atoms with Gasteiger partial charge in [-0.2, -0.15) is 0 Å². The molecule has 0 aliphatic carbocycles. The molecule has 2 aliphatic heterocycles. The van der Waals surface area contributed by atoms with Crippen LogP contribution in [-0.4, -0.2) is 50.7 Å². The second kappa shape index (κ2) is 10.7. The van der Waals surface area contributed by atoms with E-state index in [4.69, 9.17) is 9.47 Å². The average Bonchev–Trinajstić information content (AvgIpc) is 3.50. The Kier molecular flexibility index (Phi) is 7.19. The van der Waals surface area contributed by atoms with Gasteiger partial charge in [-0.05, 0) is 74.8 Å². The Morgan fingerprint density at radius 3 is 2.66 bits per heavy atom. The lowest BCUT2D eigenvalue weighted by Crippen LogP contribution is -2.31. The summed E-state index contributed by atoms with van der Waals surface area (Å²) in [5, 5.41) is 12.0. The van der Waals surface area contributed by atoms with Crippen molar-refractivity contribution in [3.8, 4) is 17.2 Å². The van der Waals surface area contributed by atoms with Gasteiger partial charge in [0.2, 0.25) is 12.7 Å². The molecule has 10 heteroatoms. The number of hydrogen-bond donors (Lipinski definition) is 1. The van der Waals surface area contributed by atoms with Gasteiger partial charge in [-0.25, -0.2) is 4.39 Å². The molecule has 1 amide bonds. The van der Waals surface area contributed by atoms with Crippen LogP contribution in [0.25, 0.3) is 5.69 Å². The molecule has 0 bridgehead atoms. The number of rotatable bonds is 8. The molecular formula is C25H28FN5O3S. The number of aromatic nitrogens is 3. The fourth-order valence-electron chi connectivity index (χ4n) is 4.24. The zero-order valence-corrected chi connectivity index (χ0v) is 20.4. The van der Waals surface area contributed by atoms with E-state index in [1.165, 1.54) is 43.2 Å². The number of carbonyl (C=O) groups is 1. The van der Waals surface area contributed by atoms with Gasteiger partial charge < -0.3 is 14.8 Å². The number of amides is 1. The molecule has 1 aromatic heterocycles. The number of thioether (sulfide) groups is 1. The van der Waals surface area contributed by atoms with Crippen molar-refractivity contribution in [2.75, 3.05) is 19.9 Å². The van der Waals surface area contributed by atoms with E-state index in [1.54, 1.807) is 12.1 Å². The minimum atomic E-state index is -0.407. The fourth-order valence-corrected chi connectivity index (χ4v) is 5.15. The third-order valence-electron chi connectivity index (χ3n) is 6.15. The lowest BCUT2D eigenvalue weighted by Gasteiger charge is -2.26. The minimum Gasteiger partial charge on any atom is -0.454 e. The number of ether oxygens (including phenoxy) is 2. The molecule has 8 nitrogen and oxygen atoms in total. The maximum Gasteiger partial charge on any atom is 0.233 e. The molecule has 1 fully saturated rings. The average molecular weight is 498 g/mol. The number of halogens is 1. The van der Waals surface area contributed by atoms with Crippen LogP contribution in [0.1, 0.15) is 37.6 Å². The molecular weight excluding hydrogens is 469 g/mol. The molecule has 1 saturated heterocycles. The van der Waals surface area contributed by atoms with Crippen LogP contribution >= 0.6 is 11.8 Å². The first kappa shape index (κ1) is 23.6. The highest BCUT2D eigenvalue weighted by atomic mass is 32.2. The van der Waals surface area contributed by atoms with Gasteiger partial charge in [0.25, 0.3) is 0 Å². The Morgan fingerprint density at radius 1 is 1.09 bits per heavy atom. The highest BCUT2D eigenvalue weighted by Crippen LogP contribution is 2.32. The summed E-state index contributed by atoms with van der Waals surface area (Å²) in [6.07, 6.45) is 3.60. The Labute approximate surface area is 207 Å². The summed E-state index contributed by atoms with van der Waals surface area (Å²) in [7, 11) is 0. The van der Waals surface area contributed by atoms with Gasteiger partial charge in [0, 0.05) is 12.2 Å². The van der Waals surface area contributed by atoms with Crippen LogP contribution in [0.3, 0.4) is 0 Å². The summed E-state index contributed by atoms with van der Waals surface area (Å²) < 4.78 is 26.3. The summed E-state index contributed by atoms with van der Waals surface area (Å²) in [5.41, 5.74) is 1.71. The lowest BCUT2D eigenvalue weighted by molar-refractivity contribution is -0.120. The van der Waals surface area contributed by atoms with Crippen molar-refractivity contribution >= 4 is 17.7 Å². The van der Waals surface area contributed by atoms with Crippen LogP contribution in [-0.2, 0) is 17.9 Å². The standard InChI is InChI=1S/C25H28FN5O3S/c1-17(24(32)27-14-18-5-10-21-22(13-18)34-16-33-21)35-25-29-28-23(15-30-11-3-2-4-12-30)31(25)20-8-6-19(26)7-9-20/h5-10,13,17H,2-4,11-12,14-16H2,1H3,(H,27,32)/t17-/m1/s1. The van der Waals surface area contributed by atoms with Crippen LogP contribution < -0.4 is 14.8 Å². The zero-order chi connectivity index (χ0) is 24.2. The summed E-state index contributed by atoms with van der Waals surface area (Å²) in [5.74, 6) is 1.77. The first-order chi connectivity index (χ1) is 17.1. The molecule has 5 rings (SSSR count). The molecule has 0 unspecified atom stereocenters. The van der Waals surface area contributed by atoms with Crippen molar-refractivity contribution in [1.82, 2.24) is 25.0 Å². The third kappa shape index (κ3) is 5.59. The van der Waals surface area contributed by atoms with Gasteiger partial charge in [-0.15, -0.1) is 10.2 Å². The summed E-state index contributed by atoms with van der Waals surface area (Å²) >= 11 is 1.34. The number of nitrogens with zero attached hydrogens (tertiary/aromatic N) is 4. The molecule has 3 aromatic rings. The van der Waals surface area contributed by atoms with Gasteiger partial charge >= 0.3 is 0 Å². The second-order valence-electron chi connectivity index (χ2n) is 8.71.